The molecule has 0 aliphatic heterocycles. The number of phenolic OH excluding ortho intramolecular Hbond substituents is 1. The summed E-state index contributed by atoms with van der Waals surface area (Å²) in [6, 6.07) is 5.97. The standard InChI is InChI=1S/C11H8N2O5/c14-6-4-2-1-3-5(6)9-12-7(11(17)18)8(15)10(16)13-9/h1-4,14-15H,(H,17,18)(H,12,13,16). The van der Waals surface area contributed by atoms with Crippen molar-refractivity contribution in [1.82, 2.24) is 9.97 Å². The van der Waals surface area contributed by atoms with E-state index in [2.05, 4.69) is 9.97 Å². The summed E-state index contributed by atoms with van der Waals surface area (Å²) in [4.78, 5) is 28.0. The van der Waals surface area contributed by atoms with E-state index >= 15 is 0 Å². The molecular weight excluding hydrogens is 240 g/mol. The summed E-state index contributed by atoms with van der Waals surface area (Å²) < 4.78 is 0. The van der Waals surface area contributed by atoms with Crippen molar-refractivity contribution in [3.05, 3.63) is 40.3 Å². The number of rotatable bonds is 2. The van der Waals surface area contributed by atoms with Gasteiger partial charge >= 0.3 is 5.97 Å². The van der Waals surface area contributed by atoms with E-state index in [1.165, 1.54) is 12.1 Å². The first-order chi connectivity index (χ1) is 8.50. The van der Waals surface area contributed by atoms with Gasteiger partial charge in [0.05, 0.1) is 5.56 Å². The molecule has 1 aromatic heterocycles. The number of nitrogens with zero attached hydrogens (tertiary/aromatic N) is 1. The molecule has 1 aromatic carbocycles. The summed E-state index contributed by atoms with van der Waals surface area (Å²) in [5.74, 6) is -2.80. The highest BCUT2D eigenvalue weighted by atomic mass is 16.4. The molecule has 0 unspecified atom stereocenters. The van der Waals surface area contributed by atoms with E-state index in [1.54, 1.807) is 12.1 Å². The lowest BCUT2D eigenvalue weighted by Crippen LogP contribution is -2.15. The van der Waals surface area contributed by atoms with Gasteiger partial charge in [0.25, 0.3) is 5.56 Å². The number of hydrogen-bond acceptors (Lipinski definition) is 5. The molecule has 0 atom stereocenters. The van der Waals surface area contributed by atoms with Gasteiger partial charge in [0, 0.05) is 0 Å². The molecule has 92 valence electrons. The van der Waals surface area contributed by atoms with Crippen LogP contribution in [0.1, 0.15) is 10.5 Å². The number of nitrogens with one attached hydrogen (secondary N) is 1. The summed E-state index contributed by atoms with van der Waals surface area (Å²) >= 11 is 0. The first-order valence-electron chi connectivity index (χ1n) is 4.85. The Kier molecular flexibility index (Phi) is 2.72. The Bertz CT molecular complexity index is 677. The van der Waals surface area contributed by atoms with Gasteiger partial charge in [-0.2, -0.15) is 0 Å². The van der Waals surface area contributed by atoms with Crippen molar-refractivity contribution in [1.29, 1.82) is 0 Å². The van der Waals surface area contributed by atoms with Crippen molar-refractivity contribution in [2.24, 2.45) is 0 Å². The van der Waals surface area contributed by atoms with Crippen LogP contribution in [0.4, 0.5) is 0 Å². The molecule has 0 radical (unpaired) electrons. The van der Waals surface area contributed by atoms with Gasteiger partial charge in [-0.1, -0.05) is 12.1 Å². The zero-order valence-electron chi connectivity index (χ0n) is 8.91. The normalized spacial score (nSPS) is 10.2. The summed E-state index contributed by atoms with van der Waals surface area (Å²) in [5.41, 5.74) is -1.59. The molecular formula is C11H8N2O5. The highest BCUT2D eigenvalue weighted by Crippen LogP contribution is 2.25. The summed E-state index contributed by atoms with van der Waals surface area (Å²) in [6.07, 6.45) is 0. The molecule has 0 fully saturated rings. The predicted molar refractivity (Wildman–Crippen MR) is 60.6 cm³/mol. The van der Waals surface area contributed by atoms with Crippen molar-refractivity contribution in [2.75, 3.05) is 0 Å². The highest BCUT2D eigenvalue weighted by molar-refractivity contribution is 5.88. The SMILES string of the molecule is O=C(O)c1nc(-c2ccccc2O)[nH]c(=O)c1O. The Balaban J connectivity index is 2.71. The minimum atomic E-state index is -1.53. The van der Waals surface area contributed by atoms with Crippen LogP contribution >= 0.6 is 0 Å². The number of carboxylic acids is 1. The number of aromatic nitrogens is 2. The zero-order valence-corrected chi connectivity index (χ0v) is 8.91. The fourth-order valence-corrected chi connectivity index (χ4v) is 1.42. The minimum absolute atomic E-state index is 0.131. The number of benzene rings is 1. The average Bonchev–Trinajstić information content (AvgIpc) is 2.33. The Hall–Kier alpha value is -2.83. The van der Waals surface area contributed by atoms with Gasteiger partial charge in [0.15, 0.2) is 5.69 Å². The molecule has 2 rings (SSSR count). The Morgan fingerprint density at radius 3 is 2.50 bits per heavy atom. The lowest BCUT2D eigenvalue weighted by atomic mass is 10.2. The first-order valence-corrected chi connectivity index (χ1v) is 4.85. The van der Waals surface area contributed by atoms with Crippen LogP contribution in [0.2, 0.25) is 0 Å². The van der Waals surface area contributed by atoms with E-state index in [4.69, 9.17) is 5.11 Å². The number of aromatic carboxylic acids is 1. The third-order valence-electron chi connectivity index (χ3n) is 2.26. The number of H-pyrrole nitrogens is 1. The molecule has 18 heavy (non-hydrogen) atoms. The Labute approximate surface area is 100.0 Å². The summed E-state index contributed by atoms with van der Waals surface area (Å²) in [6.45, 7) is 0. The van der Waals surface area contributed by atoms with Crippen LogP contribution < -0.4 is 5.56 Å². The molecule has 1 heterocycles. The van der Waals surface area contributed by atoms with E-state index < -0.39 is 23.0 Å². The van der Waals surface area contributed by atoms with Crippen LogP contribution in [-0.2, 0) is 0 Å². The first kappa shape index (κ1) is 11.6. The highest BCUT2D eigenvalue weighted by Gasteiger charge is 2.18. The smallest absolute Gasteiger partial charge is 0.358 e. The maximum Gasteiger partial charge on any atom is 0.358 e. The van der Waals surface area contributed by atoms with E-state index in [0.717, 1.165) is 0 Å². The molecule has 4 N–H and O–H groups in total. The minimum Gasteiger partial charge on any atom is -0.507 e. The lowest BCUT2D eigenvalue weighted by Gasteiger charge is -2.05. The topological polar surface area (TPSA) is 124 Å². The molecule has 0 amide bonds. The van der Waals surface area contributed by atoms with Crippen LogP contribution in [0, 0.1) is 0 Å². The second-order valence-electron chi connectivity index (χ2n) is 3.43. The molecule has 7 heteroatoms. The van der Waals surface area contributed by atoms with Crippen molar-refractivity contribution in [3.8, 4) is 22.9 Å². The maximum absolute atomic E-state index is 11.4. The molecule has 0 aliphatic carbocycles. The van der Waals surface area contributed by atoms with Gasteiger partial charge < -0.3 is 20.3 Å². The van der Waals surface area contributed by atoms with Gasteiger partial charge in [-0.15, -0.1) is 0 Å². The van der Waals surface area contributed by atoms with Crippen molar-refractivity contribution in [3.63, 3.8) is 0 Å². The number of carboxylic acid groups (broad SMARTS) is 1. The third-order valence-corrected chi connectivity index (χ3v) is 2.26. The second kappa shape index (κ2) is 4.21. The Morgan fingerprint density at radius 1 is 1.22 bits per heavy atom. The van der Waals surface area contributed by atoms with Crippen LogP contribution in [0.25, 0.3) is 11.4 Å². The average molecular weight is 248 g/mol. The molecule has 0 saturated heterocycles. The van der Waals surface area contributed by atoms with Crippen LogP contribution in [0.15, 0.2) is 29.1 Å². The number of phenols is 1. The number of hydrogen-bond donors (Lipinski definition) is 4. The third kappa shape index (κ3) is 1.88. The van der Waals surface area contributed by atoms with E-state index in [-0.39, 0.29) is 17.1 Å². The van der Waals surface area contributed by atoms with E-state index in [1.807, 2.05) is 0 Å². The number of aromatic amines is 1. The molecule has 0 bridgehead atoms. The second-order valence-corrected chi connectivity index (χ2v) is 3.43. The van der Waals surface area contributed by atoms with Gasteiger partial charge in [0.1, 0.15) is 11.6 Å². The van der Waals surface area contributed by atoms with Crippen LogP contribution in [0.3, 0.4) is 0 Å². The largest absolute Gasteiger partial charge is 0.507 e. The molecule has 0 aliphatic rings. The quantitative estimate of drug-likeness (QED) is 0.615. The van der Waals surface area contributed by atoms with Gasteiger partial charge in [-0.3, -0.25) is 4.79 Å². The fraction of sp³-hybridized carbons (Fsp3) is 0. The van der Waals surface area contributed by atoms with Crippen molar-refractivity contribution < 1.29 is 20.1 Å². The summed E-state index contributed by atoms with van der Waals surface area (Å²) in [5, 5.41) is 27.6. The molecule has 0 spiro atoms. The van der Waals surface area contributed by atoms with Gasteiger partial charge in [0.2, 0.25) is 5.75 Å². The van der Waals surface area contributed by atoms with Crippen molar-refractivity contribution >= 4 is 5.97 Å². The van der Waals surface area contributed by atoms with Crippen molar-refractivity contribution in [2.45, 2.75) is 0 Å². The predicted octanol–water partition coefficient (Wildman–Crippen LogP) is 0.546. The number of para-hydroxylation sites is 1. The van der Waals surface area contributed by atoms with E-state index in [0.29, 0.717) is 0 Å². The Morgan fingerprint density at radius 2 is 1.89 bits per heavy atom. The van der Waals surface area contributed by atoms with Crippen LogP contribution in [-0.4, -0.2) is 31.3 Å². The number of aromatic hydroxyl groups is 2. The van der Waals surface area contributed by atoms with Crippen LogP contribution in [0.5, 0.6) is 11.5 Å². The molecule has 0 saturated carbocycles. The molecule has 7 nitrogen and oxygen atoms in total. The van der Waals surface area contributed by atoms with Gasteiger partial charge in [-0.25, -0.2) is 9.78 Å². The van der Waals surface area contributed by atoms with Gasteiger partial charge in [-0.05, 0) is 12.1 Å². The monoisotopic (exact) mass is 248 g/mol. The fourth-order valence-electron chi connectivity index (χ4n) is 1.42. The lowest BCUT2D eigenvalue weighted by molar-refractivity contribution is 0.0686. The zero-order chi connectivity index (χ0) is 13.3. The summed E-state index contributed by atoms with van der Waals surface area (Å²) in [7, 11) is 0. The molecule has 2 aromatic rings. The maximum atomic E-state index is 11.4. The number of carbonyl (C=O) groups is 1. The van der Waals surface area contributed by atoms with E-state index in [9.17, 15) is 19.8 Å².